The van der Waals surface area contributed by atoms with Gasteiger partial charge in [-0.3, -0.25) is 0 Å². The molecule has 0 radical (unpaired) electrons. The predicted octanol–water partition coefficient (Wildman–Crippen LogP) is 3.83. The molecule has 0 aliphatic carbocycles. The number of halogens is 1. The number of nitrogens with one attached hydrogen (secondary N) is 1. The summed E-state index contributed by atoms with van der Waals surface area (Å²) in [7, 11) is 1.70. The molecule has 108 valence electrons. The van der Waals surface area contributed by atoms with Crippen molar-refractivity contribution in [3.05, 3.63) is 50.6 Å². The van der Waals surface area contributed by atoms with Crippen LogP contribution in [0.3, 0.4) is 0 Å². The first-order valence-corrected chi connectivity index (χ1v) is 8.10. The van der Waals surface area contributed by atoms with E-state index in [0.29, 0.717) is 13.2 Å². The monoisotopic (exact) mass is 355 g/mol. The van der Waals surface area contributed by atoms with Gasteiger partial charge in [-0.1, -0.05) is 18.2 Å². The SMILES string of the molecule is COCCNCc1cccc(Br)c1OCc1cccs1. The van der Waals surface area contributed by atoms with Crippen LogP contribution >= 0.6 is 27.3 Å². The Hall–Kier alpha value is -0.880. The summed E-state index contributed by atoms with van der Waals surface area (Å²) in [4.78, 5) is 1.22. The molecule has 0 aliphatic heterocycles. The van der Waals surface area contributed by atoms with Crippen molar-refractivity contribution in [2.45, 2.75) is 13.2 Å². The minimum atomic E-state index is 0.603. The highest BCUT2D eigenvalue weighted by Gasteiger charge is 2.08. The van der Waals surface area contributed by atoms with Crippen LogP contribution in [0.2, 0.25) is 0 Å². The molecule has 0 unspecified atom stereocenters. The lowest BCUT2D eigenvalue weighted by Gasteiger charge is -2.13. The highest BCUT2D eigenvalue weighted by molar-refractivity contribution is 9.10. The summed E-state index contributed by atoms with van der Waals surface area (Å²) in [6.07, 6.45) is 0. The number of ether oxygens (including phenoxy) is 2. The molecule has 0 amide bonds. The van der Waals surface area contributed by atoms with Gasteiger partial charge in [0.1, 0.15) is 12.4 Å². The maximum atomic E-state index is 5.96. The van der Waals surface area contributed by atoms with Crippen molar-refractivity contribution in [3.63, 3.8) is 0 Å². The van der Waals surface area contributed by atoms with Crippen molar-refractivity contribution in [1.82, 2.24) is 5.32 Å². The second-order valence-electron chi connectivity index (χ2n) is 4.27. The molecule has 0 atom stereocenters. The number of hydrogen-bond acceptors (Lipinski definition) is 4. The normalized spacial score (nSPS) is 10.7. The molecule has 0 spiro atoms. The van der Waals surface area contributed by atoms with Gasteiger partial charge in [-0.05, 0) is 33.4 Å². The lowest BCUT2D eigenvalue weighted by atomic mass is 10.2. The Balaban J connectivity index is 1.98. The van der Waals surface area contributed by atoms with Crippen molar-refractivity contribution in [2.75, 3.05) is 20.3 Å². The van der Waals surface area contributed by atoms with Gasteiger partial charge in [-0.2, -0.15) is 0 Å². The number of hydrogen-bond donors (Lipinski definition) is 1. The molecular weight excluding hydrogens is 338 g/mol. The average Bonchev–Trinajstić information content (AvgIpc) is 2.96. The first-order valence-electron chi connectivity index (χ1n) is 6.43. The zero-order chi connectivity index (χ0) is 14.2. The maximum Gasteiger partial charge on any atom is 0.138 e. The molecule has 0 saturated carbocycles. The fourth-order valence-corrected chi connectivity index (χ4v) is 2.93. The molecule has 1 aromatic carbocycles. The third kappa shape index (κ3) is 4.59. The summed E-state index contributed by atoms with van der Waals surface area (Å²) in [6, 6.07) is 10.2. The summed E-state index contributed by atoms with van der Waals surface area (Å²) < 4.78 is 12.0. The van der Waals surface area contributed by atoms with Crippen LogP contribution in [-0.2, 0) is 17.9 Å². The second kappa shape index (κ2) is 8.42. The molecule has 1 heterocycles. The van der Waals surface area contributed by atoms with E-state index in [9.17, 15) is 0 Å². The molecule has 5 heteroatoms. The standard InChI is InChI=1S/C15H18BrNO2S/c1-18-8-7-17-10-12-4-2-6-14(16)15(12)19-11-13-5-3-9-20-13/h2-6,9,17H,7-8,10-11H2,1H3. The van der Waals surface area contributed by atoms with Crippen molar-refractivity contribution in [2.24, 2.45) is 0 Å². The third-order valence-corrected chi connectivity index (χ3v) is 4.26. The van der Waals surface area contributed by atoms with E-state index in [4.69, 9.17) is 9.47 Å². The van der Waals surface area contributed by atoms with E-state index in [0.717, 1.165) is 28.9 Å². The fraction of sp³-hybridized carbons (Fsp3) is 0.333. The lowest BCUT2D eigenvalue weighted by Crippen LogP contribution is -2.19. The molecule has 3 nitrogen and oxygen atoms in total. The first-order chi connectivity index (χ1) is 9.81. The second-order valence-corrected chi connectivity index (χ2v) is 6.15. The minimum Gasteiger partial charge on any atom is -0.487 e. The van der Waals surface area contributed by atoms with Crippen LogP contribution in [-0.4, -0.2) is 20.3 Å². The van der Waals surface area contributed by atoms with Gasteiger partial charge in [0.15, 0.2) is 0 Å². The smallest absolute Gasteiger partial charge is 0.138 e. The lowest BCUT2D eigenvalue weighted by molar-refractivity contribution is 0.199. The van der Waals surface area contributed by atoms with E-state index in [1.807, 2.05) is 18.2 Å². The molecule has 1 aromatic heterocycles. The molecule has 2 rings (SSSR count). The Labute approximate surface area is 132 Å². The zero-order valence-corrected chi connectivity index (χ0v) is 13.8. The number of rotatable bonds is 8. The predicted molar refractivity (Wildman–Crippen MR) is 86.4 cm³/mol. The van der Waals surface area contributed by atoms with Crippen LogP contribution in [0.1, 0.15) is 10.4 Å². The van der Waals surface area contributed by atoms with Crippen LogP contribution in [0, 0.1) is 0 Å². The average molecular weight is 356 g/mol. The van der Waals surface area contributed by atoms with Crippen molar-refractivity contribution in [3.8, 4) is 5.75 Å². The Morgan fingerprint density at radius 1 is 1.25 bits per heavy atom. The fourth-order valence-electron chi connectivity index (χ4n) is 1.79. The molecule has 1 N–H and O–H groups in total. The van der Waals surface area contributed by atoms with Crippen LogP contribution in [0.25, 0.3) is 0 Å². The molecule has 2 aromatic rings. The molecule has 0 aliphatic rings. The largest absolute Gasteiger partial charge is 0.487 e. The number of thiophene rings is 1. The summed E-state index contributed by atoms with van der Waals surface area (Å²) >= 11 is 5.27. The summed E-state index contributed by atoms with van der Waals surface area (Å²) in [6.45, 7) is 2.90. The van der Waals surface area contributed by atoms with Crippen LogP contribution in [0.5, 0.6) is 5.75 Å². The van der Waals surface area contributed by atoms with Crippen LogP contribution in [0.15, 0.2) is 40.2 Å². The Kier molecular flexibility index (Phi) is 6.53. The van der Waals surface area contributed by atoms with Crippen LogP contribution < -0.4 is 10.1 Å². The van der Waals surface area contributed by atoms with E-state index < -0.39 is 0 Å². The van der Waals surface area contributed by atoms with Gasteiger partial charge in [-0.15, -0.1) is 11.3 Å². The molecular formula is C15H18BrNO2S. The van der Waals surface area contributed by atoms with Gasteiger partial charge in [0, 0.05) is 30.6 Å². The molecule has 20 heavy (non-hydrogen) atoms. The summed E-state index contributed by atoms with van der Waals surface area (Å²) in [5.74, 6) is 0.908. The van der Waals surface area contributed by atoms with E-state index in [2.05, 4.69) is 38.8 Å². The van der Waals surface area contributed by atoms with Gasteiger partial charge in [-0.25, -0.2) is 0 Å². The Morgan fingerprint density at radius 3 is 2.90 bits per heavy atom. The van der Waals surface area contributed by atoms with Gasteiger partial charge < -0.3 is 14.8 Å². The van der Waals surface area contributed by atoms with Gasteiger partial charge >= 0.3 is 0 Å². The summed E-state index contributed by atoms with van der Waals surface area (Å²) in [5.41, 5.74) is 1.15. The van der Waals surface area contributed by atoms with E-state index in [1.54, 1.807) is 18.4 Å². The quantitative estimate of drug-likeness (QED) is 0.730. The Morgan fingerprint density at radius 2 is 2.15 bits per heavy atom. The van der Waals surface area contributed by atoms with E-state index >= 15 is 0 Å². The van der Waals surface area contributed by atoms with Crippen molar-refractivity contribution >= 4 is 27.3 Å². The van der Waals surface area contributed by atoms with Gasteiger partial charge in [0.05, 0.1) is 11.1 Å². The summed E-state index contributed by atoms with van der Waals surface area (Å²) in [5, 5.41) is 5.40. The van der Waals surface area contributed by atoms with Crippen LogP contribution in [0.4, 0.5) is 0 Å². The van der Waals surface area contributed by atoms with E-state index in [1.165, 1.54) is 4.88 Å². The number of benzene rings is 1. The van der Waals surface area contributed by atoms with E-state index in [-0.39, 0.29) is 0 Å². The number of para-hydroxylation sites is 1. The highest BCUT2D eigenvalue weighted by Crippen LogP contribution is 2.30. The van der Waals surface area contributed by atoms with Gasteiger partial charge in [0.2, 0.25) is 0 Å². The molecule has 0 bridgehead atoms. The minimum absolute atomic E-state index is 0.603. The topological polar surface area (TPSA) is 30.5 Å². The van der Waals surface area contributed by atoms with Gasteiger partial charge in [0.25, 0.3) is 0 Å². The molecule has 0 fully saturated rings. The van der Waals surface area contributed by atoms with Crippen molar-refractivity contribution in [1.29, 1.82) is 0 Å². The highest BCUT2D eigenvalue weighted by atomic mass is 79.9. The maximum absolute atomic E-state index is 5.96. The number of methoxy groups -OCH3 is 1. The Bertz CT molecular complexity index is 517. The van der Waals surface area contributed by atoms with Crippen molar-refractivity contribution < 1.29 is 9.47 Å². The first kappa shape index (κ1) is 15.5. The molecule has 0 saturated heterocycles. The zero-order valence-electron chi connectivity index (χ0n) is 11.4. The third-order valence-electron chi connectivity index (χ3n) is 2.79.